The predicted octanol–water partition coefficient (Wildman–Crippen LogP) is 3.02. The number of aromatic nitrogens is 2. The second-order valence-electron chi connectivity index (χ2n) is 4.56. The molecule has 1 N–H and O–H groups in total. The van der Waals surface area contributed by atoms with E-state index in [1.165, 1.54) is 22.7 Å². The molecule has 3 aromatic heterocycles. The Balaban J connectivity index is 1.85. The zero-order chi connectivity index (χ0) is 15.0. The number of rotatable bonds is 3. The number of aryl methyl sites for hydroxylation is 2. The molecule has 0 radical (unpaired) electrons. The van der Waals surface area contributed by atoms with Crippen LogP contribution in [0.4, 0.5) is 0 Å². The molecule has 0 aliphatic rings. The van der Waals surface area contributed by atoms with Crippen molar-refractivity contribution in [2.75, 3.05) is 0 Å². The number of esters is 1. The smallest absolute Gasteiger partial charge is 0.339 e. The van der Waals surface area contributed by atoms with E-state index in [1.807, 2.05) is 13.8 Å². The number of aromatic amines is 1. The largest absolute Gasteiger partial charge is 0.454 e. The molecule has 0 saturated carbocycles. The van der Waals surface area contributed by atoms with Crippen LogP contribution in [0.3, 0.4) is 0 Å². The maximum Gasteiger partial charge on any atom is 0.339 e. The van der Waals surface area contributed by atoms with E-state index in [-0.39, 0.29) is 12.2 Å². The first kappa shape index (κ1) is 14.0. The summed E-state index contributed by atoms with van der Waals surface area (Å²) in [6.07, 6.45) is 0. The molecule has 21 heavy (non-hydrogen) atoms. The van der Waals surface area contributed by atoms with E-state index >= 15 is 0 Å². The molecule has 0 aromatic carbocycles. The van der Waals surface area contributed by atoms with Crippen LogP contribution in [0.5, 0.6) is 0 Å². The lowest BCUT2D eigenvalue weighted by molar-refractivity contribution is 0.0463. The van der Waals surface area contributed by atoms with Gasteiger partial charge in [0.15, 0.2) is 0 Å². The molecule has 0 aliphatic carbocycles. The second kappa shape index (κ2) is 5.42. The molecule has 3 aromatic rings. The van der Waals surface area contributed by atoms with Gasteiger partial charge in [-0.25, -0.2) is 9.78 Å². The van der Waals surface area contributed by atoms with Crippen LogP contribution in [0.2, 0.25) is 0 Å². The van der Waals surface area contributed by atoms with Crippen molar-refractivity contribution in [3.8, 4) is 0 Å². The number of hydrogen-bond donors (Lipinski definition) is 1. The highest BCUT2D eigenvalue weighted by Crippen LogP contribution is 2.25. The van der Waals surface area contributed by atoms with Crippen molar-refractivity contribution in [1.82, 2.24) is 9.97 Å². The van der Waals surface area contributed by atoms with Gasteiger partial charge in [0.05, 0.1) is 10.9 Å². The molecule has 0 fully saturated rings. The fraction of sp³-hybridized carbons (Fsp3) is 0.214. The van der Waals surface area contributed by atoms with Crippen molar-refractivity contribution >= 4 is 38.9 Å². The lowest BCUT2D eigenvalue weighted by atomic mass is 10.2. The van der Waals surface area contributed by atoms with Gasteiger partial charge in [0.2, 0.25) is 0 Å². The summed E-state index contributed by atoms with van der Waals surface area (Å²) in [5, 5.41) is 4.14. The highest BCUT2D eigenvalue weighted by atomic mass is 32.1. The van der Waals surface area contributed by atoms with Gasteiger partial charge in [-0.1, -0.05) is 0 Å². The normalized spacial score (nSPS) is 11.0. The first-order chi connectivity index (χ1) is 10.1. The van der Waals surface area contributed by atoms with Crippen molar-refractivity contribution in [2.24, 2.45) is 0 Å². The molecule has 0 spiro atoms. The summed E-state index contributed by atoms with van der Waals surface area (Å²) in [4.78, 5) is 32.6. The monoisotopic (exact) mass is 320 g/mol. The molecule has 3 heterocycles. The van der Waals surface area contributed by atoms with Gasteiger partial charge >= 0.3 is 5.97 Å². The first-order valence-corrected chi connectivity index (χ1v) is 8.00. The Bertz CT molecular complexity index is 862. The summed E-state index contributed by atoms with van der Waals surface area (Å²) in [7, 11) is 0. The summed E-state index contributed by atoms with van der Waals surface area (Å²) < 4.78 is 5.15. The fourth-order valence-corrected chi connectivity index (χ4v) is 3.64. The van der Waals surface area contributed by atoms with Crippen LogP contribution in [-0.2, 0) is 11.3 Å². The molecular weight excluding hydrogens is 308 g/mol. The van der Waals surface area contributed by atoms with Gasteiger partial charge in [0.1, 0.15) is 17.3 Å². The summed E-state index contributed by atoms with van der Waals surface area (Å²) in [5.74, 6) is -0.0603. The number of nitrogens with one attached hydrogen (secondary N) is 1. The average Bonchev–Trinajstić information content (AvgIpc) is 3.06. The molecule has 0 unspecified atom stereocenters. The SMILES string of the molecule is Cc1sc2nc(COC(=O)c3ccsc3)[nH]c(=O)c2c1C. The van der Waals surface area contributed by atoms with Gasteiger partial charge in [-0.2, -0.15) is 11.3 Å². The Hall–Kier alpha value is -1.99. The van der Waals surface area contributed by atoms with Gasteiger partial charge in [0, 0.05) is 10.3 Å². The van der Waals surface area contributed by atoms with Gasteiger partial charge in [-0.05, 0) is 30.9 Å². The van der Waals surface area contributed by atoms with E-state index in [0.717, 1.165) is 10.4 Å². The molecule has 0 saturated heterocycles. The predicted molar refractivity (Wildman–Crippen MR) is 83.2 cm³/mol. The van der Waals surface area contributed by atoms with E-state index in [0.29, 0.717) is 21.6 Å². The van der Waals surface area contributed by atoms with Gasteiger partial charge in [-0.15, -0.1) is 11.3 Å². The quantitative estimate of drug-likeness (QED) is 0.753. The molecule has 0 atom stereocenters. The maximum absolute atomic E-state index is 12.1. The average molecular weight is 320 g/mol. The Kier molecular flexibility index (Phi) is 3.60. The third kappa shape index (κ3) is 2.62. The Labute approximate surface area is 128 Å². The van der Waals surface area contributed by atoms with Crippen molar-refractivity contribution in [1.29, 1.82) is 0 Å². The van der Waals surface area contributed by atoms with Gasteiger partial charge in [0.25, 0.3) is 5.56 Å². The van der Waals surface area contributed by atoms with Crippen LogP contribution in [0.1, 0.15) is 26.6 Å². The Morgan fingerprint density at radius 2 is 2.24 bits per heavy atom. The zero-order valence-corrected chi connectivity index (χ0v) is 13.1. The van der Waals surface area contributed by atoms with E-state index in [4.69, 9.17) is 4.74 Å². The summed E-state index contributed by atoms with van der Waals surface area (Å²) >= 11 is 2.89. The molecule has 0 amide bonds. The molecular formula is C14H12N2O3S2. The topological polar surface area (TPSA) is 72.0 Å². The highest BCUT2D eigenvalue weighted by Gasteiger charge is 2.13. The number of carbonyl (C=O) groups excluding carboxylic acids is 1. The van der Waals surface area contributed by atoms with Gasteiger partial charge < -0.3 is 9.72 Å². The van der Waals surface area contributed by atoms with E-state index in [1.54, 1.807) is 16.8 Å². The number of thiophene rings is 2. The maximum atomic E-state index is 12.1. The Morgan fingerprint density at radius 3 is 2.95 bits per heavy atom. The third-order valence-corrected chi connectivity index (χ3v) is 4.97. The number of hydrogen-bond acceptors (Lipinski definition) is 6. The van der Waals surface area contributed by atoms with Crippen LogP contribution in [0.15, 0.2) is 21.6 Å². The summed E-state index contributed by atoms with van der Waals surface area (Å²) in [5.41, 5.74) is 1.26. The van der Waals surface area contributed by atoms with E-state index < -0.39 is 5.97 Å². The number of H-pyrrole nitrogens is 1. The number of ether oxygens (including phenoxy) is 1. The second-order valence-corrected chi connectivity index (χ2v) is 6.55. The highest BCUT2D eigenvalue weighted by molar-refractivity contribution is 7.18. The van der Waals surface area contributed by atoms with E-state index in [9.17, 15) is 9.59 Å². The molecule has 108 valence electrons. The number of nitrogens with zero attached hydrogens (tertiary/aromatic N) is 1. The molecule has 7 heteroatoms. The molecule has 0 bridgehead atoms. The van der Waals surface area contributed by atoms with Crippen LogP contribution >= 0.6 is 22.7 Å². The fourth-order valence-electron chi connectivity index (χ4n) is 1.97. The zero-order valence-electron chi connectivity index (χ0n) is 11.4. The van der Waals surface area contributed by atoms with Crippen molar-refractivity contribution < 1.29 is 9.53 Å². The molecule has 0 aliphatic heterocycles. The first-order valence-electron chi connectivity index (χ1n) is 6.24. The third-order valence-electron chi connectivity index (χ3n) is 3.18. The standard InChI is InChI=1S/C14H12N2O3S2/c1-7-8(2)21-13-11(7)12(17)15-10(16-13)5-19-14(18)9-3-4-20-6-9/h3-4,6H,5H2,1-2H3,(H,15,16,17). The molecule has 5 nitrogen and oxygen atoms in total. The molecule has 3 rings (SSSR count). The van der Waals surface area contributed by atoms with E-state index in [2.05, 4.69) is 9.97 Å². The van der Waals surface area contributed by atoms with Crippen LogP contribution < -0.4 is 5.56 Å². The summed E-state index contributed by atoms with van der Waals surface area (Å²) in [6.45, 7) is 3.81. The van der Waals surface area contributed by atoms with Crippen LogP contribution in [-0.4, -0.2) is 15.9 Å². The lowest BCUT2D eigenvalue weighted by Crippen LogP contribution is -2.14. The number of carbonyl (C=O) groups is 1. The lowest BCUT2D eigenvalue weighted by Gasteiger charge is -2.03. The minimum Gasteiger partial charge on any atom is -0.454 e. The minimum atomic E-state index is -0.419. The minimum absolute atomic E-state index is 0.0458. The van der Waals surface area contributed by atoms with Gasteiger partial charge in [-0.3, -0.25) is 4.79 Å². The van der Waals surface area contributed by atoms with Crippen molar-refractivity contribution in [2.45, 2.75) is 20.5 Å². The summed E-state index contributed by atoms with van der Waals surface area (Å²) in [6, 6.07) is 1.69. The van der Waals surface area contributed by atoms with Crippen molar-refractivity contribution in [3.63, 3.8) is 0 Å². The number of fused-ring (bicyclic) bond motifs is 1. The van der Waals surface area contributed by atoms with Crippen molar-refractivity contribution in [3.05, 3.63) is 49.0 Å². The Morgan fingerprint density at radius 1 is 1.43 bits per heavy atom. The van der Waals surface area contributed by atoms with Crippen LogP contribution in [0, 0.1) is 13.8 Å². The van der Waals surface area contributed by atoms with Crippen LogP contribution in [0.25, 0.3) is 10.2 Å².